The molecule has 0 bridgehead atoms. The van der Waals surface area contributed by atoms with Crippen molar-refractivity contribution in [2.24, 2.45) is 0 Å². The summed E-state index contributed by atoms with van der Waals surface area (Å²) in [5.74, 6) is -0.0637. The van der Waals surface area contributed by atoms with E-state index < -0.39 is 5.54 Å². The molecule has 1 atom stereocenters. The van der Waals surface area contributed by atoms with Crippen LogP contribution < -0.4 is 0 Å². The van der Waals surface area contributed by atoms with Crippen LogP contribution in [-0.2, 0) is 6.42 Å². The Hall–Kier alpha value is -2.07. The Balaban J connectivity index is 1.87. The van der Waals surface area contributed by atoms with E-state index in [1.807, 2.05) is 35.2 Å². The summed E-state index contributed by atoms with van der Waals surface area (Å²) < 4.78 is 5.01. The van der Waals surface area contributed by atoms with Crippen LogP contribution in [-0.4, -0.2) is 34.6 Å². The summed E-state index contributed by atoms with van der Waals surface area (Å²) in [4.78, 5) is 14.4. The summed E-state index contributed by atoms with van der Waals surface area (Å²) in [6.45, 7) is 0.656. The molecule has 2 aromatic rings. The van der Waals surface area contributed by atoms with Crippen molar-refractivity contribution in [3.63, 3.8) is 0 Å². The Morgan fingerprint density at radius 3 is 2.76 bits per heavy atom. The first-order chi connectivity index (χ1) is 10.2. The molecule has 1 amide bonds. The first-order valence-corrected chi connectivity index (χ1v) is 7.24. The highest BCUT2D eigenvalue weighted by Crippen LogP contribution is 2.33. The van der Waals surface area contributed by atoms with Crippen molar-refractivity contribution >= 4 is 5.91 Å². The van der Waals surface area contributed by atoms with Crippen LogP contribution in [0, 0.1) is 0 Å². The summed E-state index contributed by atoms with van der Waals surface area (Å²) in [5.41, 5.74) is 1.18. The minimum atomic E-state index is -0.504. The molecule has 1 fully saturated rings. The molecule has 1 N–H and O–H groups in total. The molecule has 3 rings (SSSR count). The lowest BCUT2D eigenvalue weighted by molar-refractivity contribution is 0.0411. The number of rotatable bonds is 4. The summed E-state index contributed by atoms with van der Waals surface area (Å²) in [6.07, 6.45) is 5.37. The van der Waals surface area contributed by atoms with Gasteiger partial charge in [-0.15, -0.1) is 0 Å². The normalized spacial score (nSPS) is 21.7. The van der Waals surface area contributed by atoms with Crippen LogP contribution in [0.15, 0.2) is 53.3 Å². The van der Waals surface area contributed by atoms with Gasteiger partial charge in [-0.25, -0.2) is 0 Å². The second kappa shape index (κ2) is 5.74. The molecule has 110 valence electrons. The van der Waals surface area contributed by atoms with E-state index in [2.05, 4.69) is 0 Å². The zero-order chi connectivity index (χ0) is 14.7. The number of hydrogen-bond acceptors (Lipinski definition) is 3. The van der Waals surface area contributed by atoms with Gasteiger partial charge in [0.05, 0.1) is 24.0 Å². The predicted molar refractivity (Wildman–Crippen MR) is 78.9 cm³/mol. The number of aliphatic hydroxyl groups excluding tert-OH is 1. The van der Waals surface area contributed by atoms with Crippen molar-refractivity contribution in [3.8, 4) is 0 Å². The third-order valence-corrected chi connectivity index (χ3v) is 4.28. The van der Waals surface area contributed by atoms with Gasteiger partial charge in [-0.3, -0.25) is 4.79 Å². The van der Waals surface area contributed by atoms with Gasteiger partial charge in [0.25, 0.3) is 5.91 Å². The van der Waals surface area contributed by atoms with Crippen molar-refractivity contribution < 1.29 is 14.3 Å². The quantitative estimate of drug-likeness (QED) is 0.939. The van der Waals surface area contributed by atoms with Gasteiger partial charge in [-0.2, -0.15) is 0 Å². The van der Waals surface area contributed by atoms with Gasteiger partial charge in [-0.1, -0.05) is 30.3 Å². The Bertz CT molecular complexity index is 594. The molecule has 0 radical (unpaired) electrons. The number of nitrogens with zero attached hydrogens (tertiary/aromatic N) is 1. The molecule has 4 heteroatoms. The van der Waals surface area contributed by atoms with Gasteiger partial charge in [0.2, 0.25) is 0 Å². The van der Waals surface area contributed by atoms with Gasteiger partial charge in [-0.05, 0) is 30.9 Å². The van der Waals surface area contributed by atoms with Gasteiger partial charge < -0.3 is 14.4 Å². The number of furan rings is 1. The van der Waals surface area contributed by atoms with Gasteiger partial charge in [0.15, 0.2) is 0 Å². The average Bonchev–Trinajstić information content (AvgIpc) is 3.18. The third kappa shape index (κ3) is 2.59. The zero-order valence-electron chi connectivity index (χ0n) is 11.9. The van der Waals surface area contributed by atoms with Crippen molar-refractivity contribution in [1.29, 1.82) is 0 Å². The molecule has 21 heavy (non-hydrogen) atoms. The molecule has 1 aliphatic heterocycles. The van der Waals surface area contributed by atoms with Crippen LogP contribution in [0.4, 0.5) is 0 Å². The van der Waals surface area contributed by atoms with Crippen molar-refractivity contribution in [1.82, 2.24) is 4.90 Å². The lowest BCUT2D eigenvalue weighted by atomic mass is 9.88. The van der Waals surface area contributed by atoms with Crippen LogP contribution >= 0.6 is 0 Å². The van der Waals surface area contributed by atoms with E-state index in [9.17, 15) is 9.90 Å². The zero-order valence-corrected chi connectivity index (χ0v) is 11.9. The van der Waals surface area contributed by atoms with Crippen molar-refractivity contribution in [3.05, 3.63) is 60.1 Å². The van der Waals surface area contributed by atoms with Crippen molar-refractivity contribution in [2.45, 2.75) is 24.8 Å². The van der Waals surface area contributed by atoms with E-state index in [1.54, 1.807) is 6.07 Å². The molecule has 1 unspecified atom stereocenters. The Morgan fingerprint density at radius 2 is 2.10 bits per heavy atom. The Labute approximate surface area is 124 Å². The number of benzene rings is 1. The van der Waals surface area contributed by atoms with Crippen LogP contribution in [0.1, 0.15) is 28.8 Å². The third-order valence-electron chi connectivity index (χ3n) is 4.28. The molecule has 4 nitrogen and oxygen atoms in total. The molecular weight excluding hydrogens is 266 g/mol. The maximum atomic E-state index is 12.6. The highest BCUT2D eigenvalue weighted by Gasteiger charge is 2.43. The van der Waals surface area contributed by atoms with Crippen LogP contribution in [0.2, 0.25) is 0 Å². The summed E-state index contributed by atoms with van der Waals surface area (Å²) in [5, 5.41) is 9.98. The second-order valence-electron chi connectivity index (χ2n) is 5.62. The monoisotopic (exact) mass is 285 g/mol. The average molecular weight is 285 g/mol. The first kappa shape index (κ1) is 13.9. The fraction of sp³-hybridized carbons (Fsp3) is 0.353. The molecule has 1 saturated heterocycles. The fourth-order valence-electron chi connectivity index (χ4n) is 3.18. The van der Waals surface area contributed by atoms with E-state index >= 15 is 0 Å². The molecule has 2 heterocycles. The number of aliphatic hydroxyl groups is 1. The maximum absolute atomic E-state index is 12.6. The lowest BCUT2D eigenvalue weighted by Gasteiger charge is -2.37. The SMILES string of the molecule is O=C(c1ccoc1)N1CCCC1(CO)Cc1ccccc1. The van der Waals surface area contributed by atoms with E-state index in [1.165, 1.54) is 12.5 Å². The molecule has 0 aliphatic carbocycles. The minimum Gasteiger partial charge on any atom is -0.472 e. The number of carbonyl (C=O) groups is 1. The smallest absolute Gasteiger partial charge is 0.257 e. The largest absolute Gasteiger partial charge is 0.472 e. The number of amides is 1. The van der Waals surface area contributed by atoms with E-state index in [4.69, 9.17) is 4.42 Å². The molecular formula is C17H19NO3. The first-order valence-electron chi connectivity index (χ1n) is 7.24. The van der Waals surface area contributed by atoms with Gasteiger partial charge in [0.1, 0.15) is 6.26 Å². The summed E-state index contributed by atoms with van der Waals surface area (Å²) in [7, 11) is 0. The topological polar surface area (TPSA) is 53.7 Å². The highest BCUT2D eigenvalue weighted by molar-refractivity contribution is 5.94. The molecule has 1 aliphatic rings. The van der Waals surface area contributed by atoms with E-state index in [0.29, 0.717) is 18.5 Å². The summed E-state index contributed by atoms with van der Waals surface area (Å²) >= 11 is 0. The minimum absolute atomic E-state index is 0.0223. The van der Waals surface area contributed by atoms with E-state index in [-0.39, 0.29) is 12.5 Å². The molecule has 1 aromatic carbocycles. The van der Waals surface area contributed by atoms with Crippen LogP contribution in [0.3, 0.4) is 0 Å². The van der Waals surface area contributed by atoms with Crippen molar-refractivity contribution in [2.75, 3.05) is 13.2 Å². The van der Waals surface area contributed by atoms with Gasteiger partial charge >= 0.3 is 0 Å². The van der Waals surface area contributed by atoms with Crippen LogP contribution in [0.25, 0.3) is 0 Å². The molecule has 1 aromatic heterocycles. The number of carbonyl (C=O) groups excluding carboxylic acids is 1. The summed E-state index contributed by atoms with van der Waals surface area (Å²) in [6, 6.07) is 11.7. The standard InChI is InChI=1S/C17H19NO3/c19-13-17(11-14-5-2-1-3-6-14)8-4-9-18(17)16(20)15-7-10-21-12-15/h1-3,5-7,10,12,19H,4,8-9,11,13H2. The number of likely N-dealkylation sites (tertiary alicyclic amines) is 1. The second-order valence-corrected chi connectivity index (χ2v) is 5.62. The van der Waals surface area contributed by atoms with E-state index in [0.717, 1.165) is 18.4 Å². The maximum Gasteiger partial charge on any atom is 0.257 e. The van der Waals surface area contributed by atoms with Crippen LogP contribution in [0.5, 0.6) is 0 Å². The Kier molecular flexibility index (Phi) is 3.80. The molecule has 0 spiro atoms. The Morgan fingerprint density at radius 1 is 1.29 bits per heavy atom. The fourth-order valence-corrected chi connectivity index (χ4v) is 3.18. The predicted octanol–water partition coefficient (Wildman–Crippen LogP) is 2.49. The van der Waals surface area contributed by atoms with Gasteiger partial charge in [0, 0.05) is 6.54 Å². The molecule has 0 saturated carbocycles. The number of hydrogen-bond donors (Lipinski definition) is 1. The highest BCUT2D eigenvalue weighted by atomic mass is 16.3. The lowest BCUT2D eigenvalue weighted by Crippen LogP contribution is -2.51.